The van der Waals surface area contributed by atoms with Gasteiger partial charge in [0.1, 0.15) is 11.9 Å². The molecule has 1 atom stereocenters. The van der Waals surface area contributed by atoms with Crippen LogP contribution in [-0.4, -0.2) is 92.1 Å². The largest absolute Gasteiger partial charge is 0.486 e. The summed E-state index contributed by atoms with van der Waals surface area (Å²) in [5.41, 5.74) is 0.276. The Bertz CT molecular complexity index is 836. The monoisotopic (exact) mass is 462 g/mol. The molecule has 4 fully saturated rings. The van der Waals surface area contributed by atoms with Crippen LogP contribution in [0.25, 0.3) is 0 Å². The molecule has 5 rings (SSSR count). The molecule has 1 spiro atoms. The lowest BCUT2D eigenvalue weighted by atomic mass is 9.78. The van der Waals surface area contributed by atoms with Gasteiger partial charge in [-0.2, -0.15) is 0 Å². The number of pyridine rings is 1. The summed E-state index contributed by atoms with van der Waals surface area (Å²) in [5, 5.41) is 0. The van der Waals surface area contributed by atoms with Crippen molar-refractivity contribution in [3.63, 3.8) is 0 Å². The first-order valence-electron chi connectivity index (χ1n) is 12.4. The van der Waals surface area contributed by atoms with Gasteiger partial charge in [-0.3, -0.25) is 4.90 Å². The number of nitrogens with zero attached hydrogens (tertiary/aromatic N) is 4. The number of aromatic nitrogens is 1. The average molecular weight is 463 g/mol. The molecule has 3 aliphatic heterocycles. The lowest BCUT2D eigenvalue weighted by Gasteiger charge is -2.48. The molecule has 1 aromatic rings. The predicted molar refractivity (Wildman–Crippen MR) is 121 cm³/mol. The van der Waals surface area contributed by atoms with Gasteiger partial charge in [-0.25, -0.2) is 14.2 Å². The van der Waals surface area contributed by atoms with Gasteiger partial charge in [0.2, 0.25) is 0 Å². The van der Waals surface area contributed by atoms with E-state index in [1.54, 1.807) is 0 Å². The summed E-state index contributed by atoms with van der Waals surface area (Å²) in [6, 6.07) is 2.03. The predicted octanol–water partition coefficient (Wildman–Crippen LogP) is 2.91. The van der Waals surface area contributed by atoms with E-state index in [4.69, 9.17) is 14.2 Å². The molecule has 4 aliphatic rings. The molecule has 0 unspecified atom stereocenters. The maximum atomic E-state index is 13.9. The highest BCUT2D eigenvalue weighted by atomic mass is 19.1. The summed E-state index contributed by atoms with van der Waals surface area (Å²) in [6.45, 7) is 8.91. The van der Waals surface area contributed by atoms with Gasteiger partial charge in [0.25, 0.3) is 0 Å². The Kier molecular flexibility index (Phi) is 6.60. The van der Waals surface area contributed by atoms with E-state index >= 15 is 0 Å². The van der Waals surface area contributed by atoms with Crippen molar-refractivity contribution >= 4 is 11.9 Å². The molecule has 0 aromatic carbocycles. The van der Waals surface area contributed by atoms with Crippen LogP contribution in [0.1, 0.15) is 39.0 Å². The molecule has 0 bridgehead atoms. The Balaban J connectivity index is 1.15. The summed E-state index contributed by atoms with van der Waals surface area (Å²) in [6.07, 6.45) is 6.31. The molecule has 1 aromatic heterocycles. The number of likely N-dealkylation sites (tertiary alicyclic amines) is 1. The Morgan fingerprint density at radius 3 is 2.70 bits per heavy atom. The van der Waals surface area contributed by atoms with Crippen molar-refractivity contribution in [2.45, 2.75) is 51.2 Å². The van der Waals surface area contributed by atoms with Gasteiger partial charge < -0.3 is 24.0 Å². The third-order valence-electron chi connectivity index (χ3n) is 7.65. The van der Waals surface area contributed by atoms with Crippen LogP contribution in [0, 0.1) is 11.2 Å². The number of amides is 1. The molecular weight excluding hydrogens is 427 g/mol. The van der Waals surface area contributed by atoms with Crippen molar-refractivity contribution in [3.05, 3.63) is 18.1 Å². The van der Waals surface area contributed by atoms with Crippen LogP contribution in [0.3, 0.4) is 0 Å². The Hall–Kier alpha value is -2.13. The molecule has 182 valence electrons. The van der Waals surface area contributed by atoms with Crippen molar-refractivity contribution in [1.82, 2.24) is 14.8 Å². The molecule has 33 heavy (non-hydrogen) atoms. The van der Waals surface area contributed by atoms with Crippen LogP contribution in [0.15, 0.2) is 12.3 Å². The first-order valence-corrected chi connectivity index (χ1v) is 12.4. The molecular formula is C24H35FN4O4. The Morgan fingerprint density at radius 1 is 1.21 bits per heavy atom. The van der Waals surface area contributed by atoms with Gasteiger partial charge in [0, 0.05) is 69.6 Å². The summed E-state index contributed by atoms with van der Waals surface area (Å²) in [4.78, 5) is 23.0. The molecule has 1 amide bonds. The standard InChI is InChI=1S/C24H35FN4O4/c1-2-32-23(30)29-16-24(17-29)6-3-19(14-24)27-7-9-28(10-8-27)22-21(13-18(25)15-26-22)33-20-4-11-31-12-5-20/h13,15,19-20H,2-12,14,16-17H2,1H3/t19-/m1/s1. The Labute approximate surface area is 195 Å². The lowest BCUT2D eigenvalue weighted by molar-refractivity contribution is -0.00296. The van der Waals surface area contributed by atoms with E-state index in [0.29, 0.717) is 31.6 Å². The van der Waals surface area contributed by atoms with Gasteiger partial charge >= 0.3 is 6.09 Å². The summed E-state index contributed by atoms with van der Waals surface area (Å²) < 4.78 is 30.7. The summed E-state index contributed by atoms with van der Waals surface area (Å²) >= 11 is 0. The maximum absolute atomic E-state index is 13.9. The number of carbonyl (C=O) groups is 1. The highest BCUT2D eigenvalue weighted by molar-refractivity contribution is 5.69. The molecule has 9 heteroatoms. The number of carbonyl (C=O) groups excluding carboxylic acids is 1. The molecule has 3 saturated heterocycles. The molecule has 4 heterocycles. The zero-order valence-electron chi connectivity index (χ0n) is 19.5. The third-order valence-corrected chi connectivity index (χ3v) is 7.65. The average Bonchev–Trinajstić information content (AvgIpc) is 3.25. The second-order valence-electron chi connectivity index (χ2n) is 9.88. The molecule has 8 nitrogen and oxygen atoms in total. The third kappa shape index (κ3) is 4.89. The number of rotatable bonds is 5. The smallest absolute Gasteiger partial charge is 0.409 e. The lowest BCUT2D eigenvalue weighted by Crippen LogP contribution is -2.58. The van der Waals surface area contributed by atoms with Crippen LogP contribution >= 0.6 is 0 Å². The fourth-order valence-corrected chi connectivity index (χ4v) is 5.89. The van der Waals surface area contributed by atoms with Crippen molar-refractivity contribution in [1.29, 1.82) is 0 Å². The van der Waals surface area contributed by atoms with Gasteiger partial charge in [0.05, 0.1) is 26.0 Å². The van der Waals surface area contributed by atoms with Crippen LogP contribution in [0.4, 0.5) is 15.0 Å². The highest BCUT2D eigenvalue weighted by Gasteiger charge is 2.51. The van der Waals surface area contributed by atoms with Gasteiger partial charge in [-0.15, -0.1) is 0 Å². The SMILES string of the molecule is CCOC(=O)N1CC2(CC[C@@H](N3CCN(c4ncc(F)cc4OC4CCOCC4)CC3)C2)C1. The van der Waals surface area contributed by atoms with Gasteiger partial charge in [-0.05, 0) is 26.2 Å². The second-order valence-corrected chi connectivity index (χ2v) is 9.88. The number of ether oxygens (including phenoxy) is 3. The maximum Gasteiger partial charge on any atom is 0.409 e. The number of hydrogen-bond donors (Lipinski definition) is 0. The summed E-state index contributed by atoms with van der Waals surface area (Å²) in [7, 11) is 0. The van der Waals surface area contributed by atoms with Crippen molar-refractivity contribution < 1.29 is 23.4 Å². The van der Waals surface area contributed by atoms with E-state index < -0.39 is 0 Å². The fourth-order valence-electron chi connectivity index (χ4n) is 5.89. The molecule has 0 N–H and O–H groups in total. The zero-order chi connectivity index (χ0) is 22.8. The molecule has 0 radical (unpaired) electrons. The normalized spacial score (nSPS) is 25.8. The van der Waals surface area contributed by atoms with E-state index in [9.17, 15) is 9.18 Å². The van der Waals surface area contributed by atoms with Crippen LogP contribution < -0.4 is 9.64 Å². The molecule has 1 saturated carbocycles. The van der Waals surface area contributed by atoms with Crippen molar-refractivity contribution in [2.24, 2.45) is 5.41 Å². The van der Waals surface area contributed by atoms with Gasteiger partial charge in [-0.1, -0.05) is 0 Å². The number of halogens is 1. The van der Waals surface area contributed by atoms with Crippen LogP contribution in [-0.2, 0) is 9.47 Å². The van der Waals surface area contributed by atoms with E-state index in [1.165, 1.54) is 25.1 Å². The topological polar surface area (TPSA) is 67.4 Å². The minimum absolute atomic E-state index is 0.0497. The number of anilines is 1. The zero-order valence-corrected chi connectivity index (χ0v) is 19.5. The Morgan fingerprint density at radius 2 is 1.97 bits per heavy atom. The molecule has 1 aliphatic carbocycles. The van der Waals surface area contributed by atoms with E-state index in [-0.39, 0.29) is 23.4 Å². The quantitative estimate of drug-likeness (QED) is 0.667. The second kappa shape index (κ2) is 9.62. The first-order chi connectivity index (χ1) is 16.0. The van der Waals surface area contributed by atoms with E-state index in [1.807, 2.05) is 11.8 Å². The van der Waals surface area contributed by atoms with Crippen LogP contribution in [0.2, 0.25) is 0 Å². The minimum atomic E-state index is -0.368. The van der Waals surface area contributed by atoms with E-state index in [0.717, 1.165) is 64.3 Å². The number of hydrogen-bond acceptors (Lipinski definition) is 7. The van der Waals surface area contributed by atoms with Gasteiger partial charge in [0.15, 0.2) is 11.6 Å². The van der Waals surface area contributed by atoms with E-state index in [2.05, 4.69) is 14.8 Å². The van der Waals surface area contributed by atoms with Crippen molar-refractivity contribution in [2.75, 3.05) is 64.0 Å². The fraction of sp³-hybridized carbons (Fsp3) is 0.750. The minimum Gasteiger partial charge on any atom is -0.486 e. The van der Waals surface area contributed by atoms with Crippen molar-refractivity contribution in [3.8, 4) is 5.75 Å². The first kappa shape index (κ1) is 22.7. The van der Waals surface area contributed by atoms with Crippen LogP contribution in [0.5, 0.6) is 5.75 Å². The number of piperazine rings is 1. The highest BCUT2D eigenvalue weighted by Crippen LogP contribution is 2.47. The summed E-state index contributed by atoms with van der Waals surface area (Å²) in [5.74, 6) is 0.922.